The van der Waals surface area contributed by atoms with E-state index in [0.29, 0.717) is 11.6 Å². The number of nitrogens with zero attached hydrogens (tertiary/aromatic N) is 1. The third-order valence-electron chi connectivity index (χ3n) is 3.80. The van der Waals surface area contributed by atoms with Crippen molar-refractivity contribution in [3.63, 3.8) is 0 Å². The first-order chi connectivity index (χ1) is 9.97. The van der Waals surface area contributed by atoms with Gasteiger partial charge in [-0.3, -0.25) is 9.59 Å². The van der Waals surface area contributed by atoms with Gasteiger partial charge in [0, 0.05) is 37.3 Å². The Labute approximate surface area is 137 Å². The van der Waals surface area contributed by atoms with E-state index < -0.39 is 0 Å². The summed E-state index contributed by atoms with van der Waals surface area (Å²) in [5, 5.41) is 6.27. The minimum atomic E-state index is -0.0416. The normalized spacial score (nSPS) is 20.7. The lowest BCUT2D eigenvalue weighted by atomic mass is 9.92. The number of rotatable bonds is 3. The van der Waals surface area contributed by atoms with E-state index in [0.717, 1.165) is 25.1 Å². The number of carbonyl (C=O) groups is 2. The van der Waals surface area contributed by atoms with Gasteiger partial charge in [-0.05, 0) is 50.6 Å². The molecule has 0 bridgehead atoms. The summed E-state index contributed by atoms with van der Waals surface area (Å²) >= 11 is 0. The topological polar surface area (TPSA) is 61.4 Å². The highest BCUT2D eigenvalue weighted by atomic mass is 35.5. The molecule has 0 saturated carbocycles. The van der Waals surface area contributed by atoms with Crippen molar-refractivity contribution in [2.75, 3.05) is 26.0 Å². The molecule has 2 N–H and O–H groups in total. The fourth-order valence-electron chi connectivity index (χ4n) is 2.57. The van der Waals surface area contributed by atoms with Gasteiger partial charge in [-0.25, -0.2) is 0 Å². The van der Waals surface area contributed by atoms with Crippen molar-refractivity contribution in [2.45, 2.75) is 25.8 Å². The van der Waals surface area contributed by atoms with Gasteiger partial charge >= 0.3 is 0 Å². The molecule has 2 rings (SSSR count). The molecule has 2 amide bonds. The predicted octanol–water partition coefficient (Wildman–Crippen LogP) is 2.14. The minimum Gasteiger partial charge on any atom is -0.345 e. The molecule has 0 aromatic heterocycles. The Kier molecular flexibility index (Phi) is 6.84. The Morgan fingerprint density at radius 1 is 1.23 bits per heavy atom. The summed E-state index contributed by atoms with van der Waals surface area (Å²) in [5.74, 6) is 0.0828. The highest BCUT2D eigenvalue weighted by molar-refractivity contribution is 5.96. The van der Waals surface area contributed by atoms with E-state index in [1.807, 2.05) is 0 Å². The molecule has 5 nitrogen and oxygen atoms in total. The molecule has 1 saturated heterocycles. The van der Waals surface area contributed by atoms with Crippen molar-refractivity contribution in [3.05, 3.63) is 29.8 Å². The van der Waals surface area contributed by atoms with E-state index in [-0.39, 0.29) is 30.1 Å². The van der Waals surface area contributed by atoms with Crippen LogP contribution in [-0.4, -0.2) is 43.4 Å². The van der Waals surface area contributed by atoms with Crippen LogP contribution in [0.2, 0.25) is 0 Å². The summed E-state index contributed by atoms with van der Waals surface area (Å²) in [7, 11) is 3.44. The van der Waals surface area contributed by atoms with Crippen molar-refractivity contribution in [1.82, 2.24) is 10.2 Å². The lowest BCUT2D eigenvalue weighted by Crippen LogP contribution is -2.40. The fraction of sp³-hybridized carbons (Fsp3) is 0.500. The van der Waals surface area contributed by atoms with E-state index in [1.165, 1.54) is 4.90 Å². The number of hydrogen-bond donors (Lipinski definition) is 2. The Bertz CT molecular complexity index is 517. The van der Waals surface area contributed by atoms with Crippen molar-refractivity contribution in [3.8, 4) is 0 Å². The second kappa shape index (κ2) is 8.15. The first-order valence-electron chi connectivity index (χ1n) is 7.33. The maximum absolute atomic E-state index is 12.2. The monoisotopic (exact) mass is 325 g/mol. The largest absolute Gasteiger partial charge is 0.345 e. The van der Waals surface area contributed by atoms with E-state index in [1.54, 1.807) is 38.4 Å². The molecule has 1 fully saturated rings. The Hall–Kier alpha value is -1.59. The molecule has 0 radical (unpaired) electrons. The quantitative estimate of drug-likeness (QED) is 0.895. The van der Waals surface area contributed by atoms with Crippen LogP contribution in [0.5, 0.6) is 0 Å². The zero-order valence-electron chi connectivity index (χ0n) is 13.3. The summed E-state index contributed by atoms with van der Waals surface area (Å²) in [6.07, 6.45) is 1.73. The van der Waals surface area contributed by atoms with Crippen LogP contribution in [-0.2, 0) is 4.79 Å². The van der Waals surface area contributed by atoms with Crippen LogP contribution in [0, 0.1) is 5.92 Å². The molecule has 1 aromatic rings. The molecule has 1 aromatic carbocycles. The minimum absolute atomic E-state index is 0. The lowest BCUT2D eigenvalue weighted by Gasteiger charge is -2.27. The number of anilines is 1. The highest BCUT2D eigenvalue weighted by Gasteiger charge is 2.24. The highest BCUT2D eigenvalue weighted by Crippen LogP contribution is 2.19. The summed E-state index contributed by atoms with van der Waals surface area (Å²) in [5.41, 5.74) is 1.36. The zero-order valence-corrected chi connectivity index (χ0v) is 14.1. The van der Waals surface area contributed by atoms with Crippen LogP contribution in [0.25, 0.3) is 0 Å². The van der Waals surface area contributed by atoms with Crippen LogP contribution in [0.1, 0.15) is 30.1 Å². The number of carbonyl (C=O) groups excluding carboxylic acids is 2. The molecule has 0 spiro atoms. The zero-order chi connectivity index (χ0) is 15.4. The van der Waals surface area contributed by atoms with Crippen molar-refractivity contribution < 1.29 is 9.59 Å². The van der Waals surface area contributed by atoms with E-state index in [4.69, 9.17) is 0 Å². The molecule has 0 aliphatic carbocycles. The maximum Gasteiger partial charge on any atom is 0.253 e. The van der Waals surface area contributed by atoms with Crippen LogP contribution < -0.4 is 10.6 Å². The molecule has 1 aliphatic heterocycles. The number of nitrogens with one attached hydrogen (secondary N) is 2. The van der Waals surface area contributed by atoms with Gasteiger partial charge in [0.15, 0.2) is 0 Å². The van der Waals surface area contributed by atoms with Gasteiger partial charge in [0.05, 0.1) is 0 Å². The van der Waals surface area contributed by atoms with Gasteiger partial charge in [-0.1, -0.05) is 0 Å². The van der Waals surface area contributed by atoms with Gasteiger partial charge in [-0.15, -0.1) is 12.4 Å². The molecule has 1 aliphatic rings. The lowest BCUT2D eigenvalue weighted by molar-refractivity contribution is -0.120. The van der Waals surface area contributed by atoms with E-state index >= 15 is 0 Å². The maximum atomic E-state index is 12.2. The van der Waals surface area contributed by atoms with Gasteiger partial charge < -0.3 is 15.5 Å². The number of halogens is 1. The average Bonchev–Trinajstić information content (AvgIpc) is 2.47. The SMILES string of the molecule is C[C@H]1C[C@@H](C(=O)Nc2ccc(C(=O)N(C)C)cc2)CCN1.Cl. The molecule has 22 heavy (non-hydrogen) atoms. The van der Waals surface area contributed by atoms with Crippen LogP contribution >= 0.6 is 12.4 Å². The van der Waals surface area contributed by atoms with Crippen LogP contribution in [0.15, 0.2) is 24.3 Å². The van der Waals surface area contributed by atoms with Gasteiger partial charge in [0.25, 0.3) is 5.91 Å². The Morgan fingerprint density at radius 2 is 1.86 bits per heavy atom. The first kappa shape index (κ1) is 18.5. The summed E-state index contributed by atoms with van der Waals surface area (Å²) in [4.78, 5) is 25.6. The van der Waals surface area contributed by atoms with Crippen molar-refractivity contribution >= 4 is 29.9 Å². The number of amides is 2. The molecule has 0 unspecified atom stereocenters. The van der Waals surface area contributed by atoms with Gasteiger partial charge in [0.2, 0.25) is 5.91 Å². The molecule has 2 atom stereocenters. The third-order valence-corrected chi connectivity index (χ3v) is 3.80. The van der Waals surface area contributed by atoms with Crippen molar-refractivity contribution in [2.24, 2.45) is 5.92 Å². The number of piperidine rings is 1. The van der Waals surface area contributed by atoms with E-state index in [9.17, 15) is 9.59 Å². The van der Waals surface area contributed by atoms with Crippen LogP contribution in [0.4, 0.5) is 5.69 Å². The standard InChI is InChI=1S/C16H23N3O2.ClH/c1-11-10-13(8-9-17-11)15(20)18-14-6-4-12(5-7-14)16(21)19(2)3;/h4-7,11,13,17H,8-10H2,1-3H3,(H,18,20);1H/t11-,13-;/m0./s1. The summed E-state index contributed by atoms with van der Waals surface area (Å²) in [6.45, 7) is 2.98. The summed E-state index contributed by atoms with van der Waals surface area (Å²) in [6, 6.07) is 7.42. The van der Waals surface area contributed by atoms with E-state index in [2.05, 4.69) is 17.6 Å². The Morgan fingerprint density at radius 3 is 2.41 bits per heavy atom. The number of hydrogen-bond acceptors (Lipinski definition) is 3. The average molecular weight is 326 g/mol. The molecule has 1 heterocycles. The second-order valence-corrected chi connectivity index (χ2v) is 5.84. The summed E-state index contributed by atoms with van der Waals surface area (Å²) < 4.78 is 0. The number of benzene rings is 1. The van der Waals surface area contributed by atoms with Gasteiger partial charge in [-0.2, -0.15) is 0 Å². The second-order valence-electron chi connectivity index (χ2n) is 5.84. The fourth-order valence-corrected chi connectivity index (χ4v) is 2.57. The third kappa shape index (κ3) is 4.71. The molecule has 6 heteroatoms. The Balaban J connectivity index is 0.00000242. The molecular formula is C16H24ClN3O2. The molecular weight excluding hydrogens is 302 g/mol. The van der Waals surface area contributed by atoms with Gasteiger partial charge in [0.1, 0.15) is 0 Å². The van der Waals surface area contributed by atoms with Crippen LogP contribution in [0.3, 0.4) is 0 Å². The first-order valence-corrected chi connectivity index (χ1v) is 7.33. The predicted molar refractivity (Wildman–Crippen MR) is 90.5 cm³/mol. The molecule has 122 valence electrons. The van der Waals surface area contributed by atoms with Crippen molar-refractivity contribution in [1.29, 1.82) is 0 Å². The smallest absolute Gasteiger partial charge is 0.253 e.